The summed E-state index contributed by atoms with van der Waals surface area (Å²) in [6, 6.07) is 9.92. The Labute approximate surface area is 234 Å². The molecule has 12 nitrogen and oxygen atoms in total. The quantitative estimate of drug-likeness (QED) is 0.140. The molecule has 0 amide bonds. The third-order valence-corrected chi connectivity index (χ3v) is 6.98. The summed E-state index contributed by atoms with van der Waals surface area (Å²) in [6.07, 6.45) is -1.20. The maximum atomic E-state index is 13.2. The van der Waals surface area contributed by atoms with Crippen molar-refractivity contribution in [2.75, 3.05) is 0 Å². The molecule has 0 bridgehead atoms. The number of rotatable bonds is 3. The zero-order valence-corrected chi connectivity index (χ0v) is 21.2. The van der Waals surface area contributed by atoms with E-state index in [2.05, 4.69) is 0 Å². The van der Waals surface area contributed by atoms with Crippen molar-refractivity contribution in [1.29, 1.82) is 0 Å². The van der Waals surface area contributed by atoms with Gasteiger partial charge in [0.15, 0.2) is 34.2 Å². The molecule has 6 rings (SSSR count). The summed E-state index contributed by atoms with van der Waals surface area (Å²) in [6.45, 7) is 0. The van der Waals surface area contributed by atoms with Crippen molar-refractivity contribution in [3.05, 3.63) is 75.9 Å². The van der Waals surface area contributed by atoms with Crippen LogP contribution in [-0.4, -0.2) is 46.6 Å². The molecule has 0 fully saturated rings. The zero-order chi connectivity index (χ0) is 30.0. The van der Waals surface area contributed by atoms with Gasteiger partial charge in [-0.05, 0) is 29.8 Å². The number of Topliss-reactive ketones (excluding diaryl/α,β-unsaturated/α-hetero) is 1. The summed E-state index contributed by atoms with van der Waals surface area (Å²) < 4.78 is 11.6. The highest BCUT2D eigenvalue weighted by Crippen LogP contribution is 2.52. The number of fused-ring (bicyclic) bond motifs is 2. The highest BCUT2D eigenvalue weighted by Gasteiger charge is 2.34. The van der Waals surface area contributed by atoms with Crippen molar-refractivity contribution in [2.45, 2.75) is 12.5 Å². The highest BCUT2D eigenvalue weighted by molar-refractivity contribution is 6.06. The molecular formula is C30H20O12. The van der Waals surface area contributed by atoms with Crippen LogP contribution < -0.4 is 10.2 Å². The molecule has 212 valence electrons. The van der Waals surface area contributed by atoms with Crippen LogP contribution in [0.15, 0.2) is 63.8 Å². The van der Waals surface area contributed by atoms with Gasteiger partial charge in [-0.2, -0.15) is 0 Å². The summed E-state index contributed by atoms with van der Waals surface area (Å²) in [7, 11) is 0. The zero-order valence-electron chi connectivity index (χ0n) is 21.2. The second-order valence-electron chi connectivity index (χ2n) is 9.67. The Balaban J connectivity index is 1.53. The summed E-state index contributed by atoms with van der Waals surface area (Å²) >= 11 is 0. The fraction of sp³-hybridized carbons (Fsp3) is 0.0667. The van der Waals surface area contributed by atoms with E-state index in [4.69, 9.17) is 9.15 Å². The van der Waals surface area contributed by atoms with E-state index in [9.17, 15) is 50.4 Å². The Hall–Kier alpha value is -6.04. The number of hydrogen-bond donors (Lipinski definition) is 8. The van der Waals surface area contributed by atoms with Gasteiger partial charge in [-0.3, -0.25) is 9.59 Å². The van der Waals surface area contributed by atoms with Crippen molar-refractivity contribution in [2.24, 2.45) is 0 Å². The third-order valence-electron chi connectivity index (χ3n) is 6.98. The highest BCUT2D eigenvalue weighted by atomic mass is 16.5. The first-order chi connectivity index (χ1) is 19.9. The van der Waals surface area contributed by atoms with E-state index >= 15 is 0 Å². The maximum absolute atomic E-state index is 13.2. The predicted octanol–water partition coefficient (Wildman–Crippen LogP) is 4.48. The molecule has 12 heteroatoms. The number of hydrogen-bond acceptors (Lipinski definition) is 12. The number of ether oxygens (including phenoxy) is 1. The largest absolute Gasteiger partial charge is 0.508 e. The Bertz CT molecular complexity index is 2020. The maximum Gasteiger partial charge on any atom is 0.197 e. The number of phenols is 8. The summed E-state index contributed by atoms with van der Waals surface area (Å²) in [5.74, 6) is -5.42. The van der Waals surface area contributed by atoms with E-state index in [1.54, 1.807) is 0 Å². The lowest BCUT2D eigenvalue weighted by Crippen LogP contribution is -2.20. The fourth-order valence-electron chi connectivity index (χ4n) is 5.03. The Morgan fingerprint density at radius 1 is 0.643 bits per heavy atom. The van der Waals surface area contributed by atoms with Crippen molar-refractivity contribution >= 4 is 16.8 Å². The van der Waals surface area contributed by atoms with E-state index < -0.39 is 57.6 Å². The number of phenolic OH excluding ortho intramolecular Hbond substituents is 8. The molecule has 1 aliphatic rings. The van der Waals surface area contributed by atoms with E-state index in [1.165, 1.54) is 18.2 Å². The lowest BCUT2D eigenvalue weighted by Gasteiger charge is -2.27. The van der Waals surface area contributed by atoms with Crippen molar-refractivity contribution in [3.8, 4) is 74.2 Å². The minimum absolute atomic E-state index is 0.112. The molecule has 0 spiro atoms. The van der Waals surface area contributed by atoms with E-state index in [1.807, 2.05) is 0 Å². The van der Waals surface area contributed by atoms with Gasteiger partial charge in [0.2, 0.25) is 0 Å². The van der Waals surface area contributed by atoms with Crippen LogP contribution in [0.5, 0.6) is 51.7 Å². The molecule has 4 aromatic carbocycles. The lowest BCUT2D eigenvalue weighted by molar-refractivity contribution is 0.0844. The average molecular weight is 572 g/mol. The van der Waals surface area contributed by atoms with Gasteiger partial charge in [-0.1, -0.05) is 6.07 Å². The summed E-state index contributed by atoms with van der Waals surface area (Å²) in [4.78, 5) is 26.1. The van der Waals surface area contributed by atoms with Gasteiger partial charge in [0.05, 0.1) is 12.0 Å². The monoisotopic (exact) mass is 572 g/mol. The van der Waals surface area contributed by atoms with Gasteiger partial charge >= 0.3 is 0 Å². The molecule has 8 N–H and O–H groups in total. The molecule has 1 unspecified atom stereocenters. The van der Waals surface area contributed by atoms with Crippen molar-refractivity contribution in [1.82, 2.24) is 0 Å². The topological polar surface area (TPSA) is 218 Å². The second kappa shape index (κ2) is 9.27. The van der Waals surface area contributed by atoms with Crippen LogP contribution >= 0.6 is 0 Å². The van der Waals surface area contributed by atoms with E-state index in [0.29, 0.717) is 5.56 Å². The van der Waals surface area contributed by atoms with Crippen molar-refractivity contribution < 1.29 is 54.8 Å². The molecule has 2 heterocycles. The van der Waals surface area contributed by atoms with Crippen LogP contribution in [-0.2, 0) is 0 Å². The minimum atomic E-state index is -0.922. The Kier molecular flexibility index (Phi) is 5.78. The second-order valence-corrected chi connectivity index (χ2v) is 9.67. The van der Waals surface area contributed by atoms with Gasteiger partial charge in [-0.15, -0.1) is 0 Å². The van der Waals surface area contributed by atoms with Gasteiger partial charge in [0.25, 0.3) is 0 Å². The number of carbonyl (C=O) groups is 1. The normalized spacial score (nSPS) is 14.5. The Morgan fingerprint density at radius 2 is 1.33 bits per heavy atom. The average Bonchev–Trinajstić information content (AvgIpc) is 2.90. The van der Waals surface area contributed by atoms with Gasteiger partial charge in [0.1, 0.15) is 57.1 Å². The molecule has 0 radical (unpaired) electrons. The molecule has 1 aliphatic heterocycles. The summed E-state index contributed by atoms with van der Waals surface area (Å²) in [5, 5.41) is 82.1. The van der Waals surface area contributed by atoms with Crippen LogP contribution in [0.25, 0.3) is 33.4 Å². The van der Waals surface area contributed by atoms with Crippen LogP contribution in [0.2, 0.25) is 0 Å². The molecule has 1 atom stereocenters. The van der Waals surface area contributed by atoms with Gasteiger partial charge in [-0.25, -0.2) is 0 Å². The summed E-state index contributed by atoms with van der Waals surface area (Å²) in [5.41, 5.74) is -1.53. The molecule has 0 saturated carbocycles. The standard InChI is InChI=1S/C30H20O12/c31-12-4-19(36)28-21(38)9-24(42-25(28)5-12)13-6-17(34)18(35)7-14(13)27-20(37)10-26-29(30(27)40)22(39)8-23(41-26)11-1-2-15(32)16(33)3-11/h1-7,9-10,23,31-37,40H,8H2. The van der Waals surface area contributed by atoms with Gasteiger partial charge < -0.3 is 50.0 Å². The molecule has 42 heavy (non-hydrogen) atoms. The Morgan fingerprint density at radius 3 is 2.05 bits per heavy atom. The van der Waals surface area contributed by atoms with E-state index in [0.717, 1.165) is 36.4 Å². The third kappa shape index (κ3) is 4.09. The first-order valence-electron chi connectivity index (χ1n) is 12.3. The van der Waals surface area contributed by atoms with Crippen LogP contribution in [0, 0.1) is 0 Å². The minimum Gasteiger partial charge on any atom is -0.508 e. The molecular weight excluding hydrogens is 552 g/mol. The van der Waals surface area contributed by atoms with Crippen LogP contribution in [0.1, 0.15) is 28.4 Å². The first kappa shape index (κ1) is 26.2. The number of ketones is 1. The molecule has 1 aromatic heterocycles. The van der Waals surface area contributed by atoms with Crippen molar-refractivity contribution in [3.63, 3.8) is 0 Å². The predicted molar refractivity (Wildman–Crippen MR) is 145 cm³/mol. The molecule has 5 aromatic rings. The smallest absolute Gasteiger partial charge is 0.197 e. The molecule has 0 saturated heterocycles. The number of carbonyl (C=O) groups excluding carboxylic acids is 1. The van der Waals surface area contributed by atoms with Crippen LogP contribution in [0.4, 0.5) is 0 Å². The lowest BCUT2D eigenvalue weighted by atomic mass is 9.89. The first-order valence-corrected chi connectivity index (χ1v) is 12.3. The number of aromatic hydroxyl groups is 8. The SMILES string of the molecule is O=C1CC(c2ccc(O)c(O)c2)Oc2cc(O)c(-c3cc(O)c(O)cc3-c3cc(=O)c4c(O)cc(O)cc4o3)c(O)c21. The number of benzene rings is 4. The van der Waals surface area contributed by atoms with Gasteiger partial charge in [0, 0.05) is 35.4 Å². The fourth-order valence-corrected chi connectivity index (χ4v) is 5.03. The molecule has 0 aliphatic carbocycles. The van der Waals surface area contributed by atoms with E-state index in [-0.39, 0.29) is 56.9 Å². The van der Waals surface area contributed by atoms with Crippen LogP contribution in [0.3, 0.4) is 0 Å².